The standard InChI is InChI=1S/C24H25N2O6Si/c1-24(2,3)20-12-6-9-15-23(20)33(31-16-18-10-4-7-13-21(18)25(27)28)32-17-19-11-5-8-14-22(19)26(29)30/h4-15H,16-17H2,1-3H3. The SMILES string of the molecule is CC(C)(C)c1ccccc1[Si](OCc1ccccc1[N+](=O)[O-])OCc1ccccc1[N+](=O)[O-]. The van der Waals surface area contributed by atoms with Gasteiger partial charge in [-0.05, 0) is 28.3 Å². The lowest BCUT2D eigenvalue weighted by atomic mass is 9.87. The van der Waals surface area contributed by atoms with Crippen molar-refractivity contribution in [2.24, 2.45) is 0 Å². The Morgan fingerprint density at radius 3 is 1.61 bits per heavy atom. The topological polar surface area (TPSA) is 105 Å². The Morgan fingerprint density at radius 1 is 0.727 bits per heavy atom. The van der Waals surface area contributed by atoms with Crippen molar-refractivity contribution in [3.8, 4) is 0 Å². The molecule has 0 N–H and O–H groups in total. The maximum atomic E-state index is 11.4. The molecule has 0 saturated heterocycles. The monoisotopic (exact) mass is 465 g/mol. The van der Waals surface area contributed by atoms with Crippen LogP contribution in [0.5, 0.6) is 0 Å². The van der Waals surface area contributed by atoms with Crippen molar-refractivity contribution in [3.63, 3.8) is 0 Å². The van der Waals surface area contributed by atoms with Gasteiger partial charge in [-0.25, -0.2) is 0 Å². The number of nitrogens with zero attached hydrogens (tertiary/aromatic N) is 2. The molecule has 0 aliphatic carbocycles. The second-order valence-corrected chi connectivity index (χ2v) is 10.1. The van der Waals surface area contributed by atoms with E-state index in [-0.39, 0.29) is 30.0 Å². The fourth-order valence-corrected chi connectivity index (χ4v) is 5.30. The Bertz CT molecular complexity index is 1080. The van der Waals surface area contributed by atoms with Crippen LogP contribution in [0.15, 0.2) is 72.8 Å². The van der Waals surface area contributed by atoms with Crippen molar-refractivity contribution in [2.45, 2.75) is 39.4 Å². The average molecular weight is 466 g/mol. The smallest absolute Gasteiger partial charge is 0.385 e. The third-order valence-electron chi connectivity index (χ3n) is 5.05. The maximum Gasteiger partial charge on any atom is 0.424 e. The van der Waals surface area contributed by atoms with Gasteiger partial charge in [-0.2, -0.15) is 0 Å². The van der Waals surface area contributed by atoms with E-state index in [0.717, 1.165) is 10.8 Å². The molecule has 171 valence electrons. The number of nitro benzene ring substituents is 2. The Morgan fingerprint density at radius 2 is 1.15 bits per heavy atom. The van der Waals surface area contributed by atoms with Crippen LogP contribution >= 0.6 is 0 Å². The molecule has 9 heteroatoms. The lowest BCUT2D eigenvalue weighted by Gasteiger charge is -2.26. The molecule has 8 nitrogen and oxygen atoms in total. The molecule has 3 aromatic carbocycles. The summed E-state index contributed by atoms with van der Waals surface area (Å²) < 4.78 is 12.3. The Labute approximate surface area is 193 Å². The van der Waals surface area contributed by atoms with Crippen LogP contribution in [0, 0.1) is 20.2 Å². The van der Waals surface area contributed by atoms with Gasteiger partial charge in [-0.3, -0.25) is 20.2 Å². The van der Waals surface area contributed by atoms with E-state index in [2.05, 4.69) is 20.8 Å². The molecule has 3 rings (SSSR count). The predicted octanol–water partition coefficient (Wildman–Crippen LogP) is 4.93. The van der Waals surface area contributed by atoms with Gasteiger partial charge in [0.25, 0.3) is 11.4 Å². The van der Waals surface area contributed by atoms with Crippen molar-refractivity contribution in [2.75, 3.05) is 0 Å². The second kappa shape index (κ2) is 10.5. The van der Waals surface area contributed by atoms with Gasteiger partial charge in [0.1, 0.15) is 0 Å². The molecule has 0 spiro atoms. The first-order chi connectivity index (χ1) is 15.7. The number of hydrogen-bond acceptors (Lipinski definition) is 6. The van der Waals surface area contributed by atoms with Crippen LogP contribution in [0.3, 0.4) is 0 Å². The van der Waals surface area contributed by atoms with Gasteiger partial charge in [0.05, 0.1) is 34.2 Å². The summed E-state index contributed by atoms with van der Waals surface area (Å²) in [5.74, 6) is 0. The molecule has 0 atom stereocenters. The minimum atomic E-state index is -2.16. The van der Waals surface area contributed by atoms with Crippen molar-refractivity contribution in [3.05, 3.63) is 110 Å². The van der Waals surface area contributed by atoms with Crippen LogP contribution in [0.1, 0.15) is 37.5 Å². The molecule has 3 aromatic rings. The van der Waals surface area contributed by atoms with Gasteiger partial charge in [0.2, 0.25) is 0 Å². The zero-order valence-electron chi connectivity index (χ0n) is 18.7. The van der Waals surface area contributed by atoms with Crippen molar-refractivity contribution >= 4 is 25.8 Å². The molecule has 0 bridgehead atoms. The number of para-hydroxylation sites is 2. The molecule has 1 radical (unpaired) electrons. The highest BCUT2D eigenvalue weighted by atomic mass is 28.3. The summed E-state index contributed by atoms with van der Waals surface area (Å²) in [6.45, 7) is 6.21. The van der Waals surface area contributed by atoms with E-state index in [1.165, 1.54) is 12.1 Å². The predicted molar refractivity (Wildman–Crippen MR) is 126 cm³/mol. The molecule has 0 aliphatic heterocycles. The van der Waals surface area contributed by atoms with Crippen LogP contribution in [0.4, 0.5) is 11.4 Å². The number of benzene rings is 3. The summed E-state index contributed by atoms with van der Waals surface area (Å²) in [6.07, 6.45) is 0. The van der Waals surface area contributed by atoms with Gasteiger partial charge in [0.15, 0.2) is 0 Å². The average Bonchev–Trinajstić information content (AvgIpc) is 2.79. The molecule has 0 unspecified atom stereocenters. The van der Waals surface area contributed by atoms with Crippen LogP contribution < -0.4 is 5.19 Å². The molecule has 0 fully saturated rings. The lowest BCUT2D eigenvalue weighted by molar-refractivity contribution is -0.385. The minimum absolute atomic E-state index is 0.0131. The normalized spacial score (nSPS) is 11.5. The second-order valence-electron chi connectivity index (χ2n) is 8.43. The molecule has 0 saturated carbocycles. The highest BCUT2D eigenvalue weighted by Crippen LogP contribution is 2.24. The third kappa shape index (κ3) is 6.10. The van der Waals surface area contributed by atoms with Gasteiger partial charge in [0, 0.05) is 12.1 Å². The van der Waals surface area contributed by atoms with E-state index in [9.17, 15) is 20.2 Å². The molecule has 0 aliphatic rings. The largest absolute Gasteiger partial charge is 0.424 e. The lowest BCUT2D eigenvalue weighted by Crippen LogP contribution is -2.41. The molecular weight excluding hydrogens is 440 g/mol. The summed E-state index contributed by atoms with van der Waals surface area (Å²) >= 11 is 0. The third-order valence-corrected chi connectivity index (χ3v) is 6.74. The summed E-state index contributed by atoms with van der Waals surface area (Å²) in [6, 6.07) is 20.6. The maximum absolute atomic E-state index is 11.4. The Balaban J connectivity index is 1.93. The van der Waals surface area contributed by atoms with E-state index in [1.54, 1.807) is 36.4 Å². The Hall–Kier alpha value is -3.40. The van der Waals surface area contributed by atoms with Crippen molar-refractivity contribution in [1.82, 2.24) is 0 Å². The zero-order chi connectivity index (χ0) is 24.0. The summed E-state index contributed by atoms with van der Waals surface area (Å²) in [4.78, 5) is 21.9. The first-order valence-electron chi connectivity index (χ1n) is 10.4. The quantitative estimate of drug-likeness (QED) is 0.252. The van der Waals surface area contributed by atoms with Crippen LogP contribution in [-0.2, 0) is 27.5 Å². The van der Waals surface area contributed by atoms with E-state index >= 15 is 0 Å². The summed E-state index contributed by atoms with van der Waals surface area (Å²) in [5, 5.41) is 23.7. The van der Waals surface area contributed by atoms with Gasteiger partial charge < -0.3 is 8.85 Å². The summed E-state index contributed by atoms with van der Waals surface area (Å²) in [7, 11) is -2.16. The van der Waals surface area contributed by atoms with Crippen LogP contribution in [0.2, 0.25) is 0 Å². The number of nitro groups is 2. The van der Waals surface area contributed by atoms with Crippen molar-refractivity contribution < 1.29 is 18.7 Å². The van der Waals surface area contributed by atoms with Gasteiger partial charge in [-0.1, -0.05) is 69.3 Å². The molecule has 33 heavy (non-hydrogen) atoms. The zero-order valence-corrected chi connectivity index (χ0v) is 19.7. The Kier molecular flexibility index (Phi) is 7.70. The summed E-state index contributed by atoms with van der Waals surface area (Å²) in [5.41, 5.74) is 1.66. The van der Waals surface area contributed by atoms with Gasteiger partial charge in [-0.15, -0.1) is 0 Å². The van der Waals surface area contributed by atoms with E-state index in [1.807, 2.05) is 24.3 Å². The van der Waals surface area contributed by atoms with E-state index < -0.39 is 19.1 Å². The van der Waals surface area contributed by atoms with Gasteiger partial charge >= 0.3 is 9.28 Å². The highest BCUT2D eigenvalue weighted by Gasteiger charge is 2.29. The van der Waals surface area contributed by atoms with Crippen LogP contribution in [-0.4, -0.2) is 19.1 Å². The fraction of sp³-hybridized carbons (Fsp3) is 0.250. The van der Waals surface area contributed by atoms with E-state index in [4.69, 9.17) is 8.85 Å². The van der Waals surface area contributed by atoms with Crippen LogP contribution in [0.25, 0.3) is 0 Å². The molecule has 0 heterocycles. The highest BCUT2D eigenvalue weighted by molar-refractivity contribution is 6.61. The number of hydrogen-bond donors (Lipinski definition) is 0. The number of rotatable bonds is 9. The molecule has 0 amide bonds. The molecular formula is C24H25N2O6Si. The first-order valence-corrected chi connectivity index (χ1v) is 11.7. The van der Waals surface area contributed by atoms with E-state index in [0.29, 0.717) is 11.1 Å². The van der Waals surface area contributed by atoms with Crippen molar-refractivity contribution in [1.29, 1.82) is 0 Å². The minimum Gasteiger partial charge on any atom is -0.385 e. The first kappa shape index (κ1) is 24.2. The fourth-order valence-electron chi connectivity index (χ4n) is 3.42. The molecule has 0 aromatic heterocycles.